The Kier molecular flexibility index (Phi) is 6.90. The van der Waals surface area contributed by atoms with Crippen molar-refractivity contribution < 1.29 is 19.1 Å². The van der Waals surface area contributed by atoms with E-state index in [1.54, 1.807) is 6.08 Å². The fourth-order valence-corrected chi connectivity index (χ4v) is 4.73. The van der Waals surface area contributed by atoms with E-state index in [-0.39, 0.29) is 29.2 Å². The van der Waals surface area contributed by atoms with Gasteiger partial charge in [-0.1, -0.05) is 18.2 Å². The van der Waals surface area contributed by atoms with E-state index in [9.17, 15) is 14.4 Å². The van der Waals surface area contributed by atoms with Crippen molar-refractivity contribution in [2.24, 2.45) is 0 Å². The van der Waals surface area contributed by atoms with E-state index in [1.807, 2.05) is 48.9 Å². The molecule has 2 aromatic rings. The monoisotopic (exact) mass is 468 g/mol. The second-order valence-electron chi connectivity index (χ2n) is 8.11. The lowest BCUT2D eigenvalue weighted by atomic mass is 10.1. The summed E-state index contributed by atoms with van der Waals surface area (Å²) in [7, 11) is 0. The summed E-state index contributed by atoms with van der Waals surface area (Å²) < 4.78 is 7.40. The summed E-state index contributed by atoms with van der Waals surface area (Å²) in [5.74, 6) is -0.915. The Morgan fingerprint density at radius 1 is 1.18 bits per heavy atom. The first-order valence-corrected chi connectivity index (χ1v) is 11.7. The van der Waals surface area contributed by atoms with Crippen LogP contribution in [0.1, 0.15) is 32.3 Å². The fourth-order valence-electron chi connectivity index (χ4n) is 4.30. The Bertz CT molecular complexity index is 1100. The van der Waals surface area contributed by atoms with Crippen molar-refractivity contribution in [1.82, 2.24) is 19.7 Å². The Balaban J connectivity index is 1.63. The predicted octanol–water partition coefficient (Wildman–Crippen LogP) is 2.32. The van der Waals surface area contributed by atoms with Gasteiger partial charge in [-0.15, -0.1) is 0 Å². The van der Waals surface area contributed by atoms with Crippen LogP contribution in [-0.4, -0.2) is 69.5 Å². The molecule has 9 heteroatoms. The third-order valence-corrected chi connectivity index (χ3v) is 6.47. The van der Waals surface area contributed by atoms with E-state index >= 15 is 0 Å². The lowest BCUT2D eigenvalue weighted by Crippen LogP contribution is -2.55. The van der Waals surface area contributed by atoms with Crippen LogP contribution >= 0.6 is 12.2 Å². The summed E-state index contributed by atoms with van der Waals surface area (Å²) in [6.45, 7) is 5.78. The minimum Gasteiger partial charge on any atom is -0.376 e. The summed E-state index contributed by atoms with van der Waals surface area (Å²) in [5.41, 5.74) is 1.62. The topological polar surface area (TPSA) is 83.9 Å². The normalized spacial score (nSPS) is 19.0. The van der Waals surface area contributed by atoms with Gasteiger partial charge in [0.2, 0.25) is 5.91 Å². The molecule has 0 saturated carbocycles. The van der Waals surface area contributed by atoms with Gasteiger partial charge in [-0.2, -0.15) is 0 Å². The number of aromatic nitrogens is 1. The molecule has 2 aliphatic heterocycles. The highest BCUT2D eigenvalue weighted by atomic mass is 32.1. The van der Waals surface area contributed by atoms with Gasteiger partial charge in [-0.05, 0) is 51.0 Å². The third kappa shape index (κ3) is 4.56. The molecule has 1 unspecified atom stereocenters. The number of likely N-dealkylation sites (N-methyl/N-ethyl adjacent to an activating group) is 2. The molecular formula is C24H28N4O4S. The number of thiocarbonyl (C=S) groups is 1. The molecule has 0 bridgehead atoms. The number of hydrogen-bond acceptors (Lipinski definition) is 5. The van der Waals surface area contributed by atoms with Crippen LogP contribution in [0.4, 0.5) is 0 Å². The van der Waals surface area contributed by atoms with Crippen molar-refractivity contribution >= 4 is 52.0 Å². The standard InChI is InChI=1S/C24H28N4O4S/c1-3-27-22(30)19(23(31)28(4-2)24(27)33)12-16-14-26(20-10-6-5-9-18(16)20)15-21(29)25-13-17-8-7-11-32-17/h5-6,9-10,12,14,17H,3-4,7-8,11,13,15H2,1-2H3,(H,25,29). The van der Waals surface area contributed by atoms with Gasteiger partial charge >= 0.3 is 0 Å². The maximum atomic E-state index is 13.0. The lowest BCUT2D eigenvalue weighted by molar-refractivity contribution is -0.133. The number of rotatable bonds is 7. The van der Waals surface area contributed by atoms with Gasteiger partial charge in [-0.3, -0.25) is 24.2 Å². The Morgan fingerprint density at radius 2 is 1.88 bits per heavy atom. The molecule has 2 saturated heterocycles. The molecule has 3 heterocycles. The second-order valence-corrected chi connectivity index (χ2v) is 8.47. The molecule has 1 aromatic carbocycles. The average molecular weight is 469 g/mol. The van der Waals surface area contributed by atoms with Crippen molar-refractivity contribution in [3.05, 3.63) is 41.6 Å². The highest BCUT2D eigenvalue weighted by Gasteiger charge is 2.38. The van der Waals surface area contributed by atoms with Gasteiger partial charge in [0, 0.05) is 48.9 Å². The van der Waals surface area contributed by atoms with Crippen LogP contribution in [0.25, 0.3) is 17.0 Å². The van der Waals surface area contributed by atoms with Crippen molar-refractivity contribution in [3.63, 3.8) is 0 Å². The summed E-state index contributed by atoms with van der Waals surface area (Å²) in [6, 6.07) is 7.62. The van der Waals surface area contributed by atoms with Gasteiger partial charge in [0.05, 0.1) is 6.10 Å². The summed E-state index contributed by atoms with van der Waals surface area (Å²) in [6.07, 6.45) is 5.48. The van der Waals surface area contributed by atoms with Crippen LogP contribution in [0.2, 0.25) is 0 Å². The van der Waals surface area contributed by atoms with E-state index in [0.717, 1.165) is 30.4 Å². The van der Waals surface area contributed by atoms with Crippen LogP contribution < -0.4 is 5.32 Å². The molecule has 0 radical (unpaired) electrons. The second kappa shape index (κ2) is 9.84. The van der Waals surface area contributed by atoms with Gasteiger partial charge in [0.15, 0.2) is 5.11 Å². The number of nitrogens with zero attached hydrogens (tertiary/aromatic N) is 3. The van der Waals surface area contributed by atoms with Gasteiger partial charge in [-0.25, -0.2) is 0 Å². The van der Waals surface area contributed by atoms with Gasteiger partial charge in [0.1, 0.15) is 12.1 Å². The number of ether oxygens (including phenoxy) is 1. The van der Waals surface area contributed by atoms with Crippen LogP contribution in [-0.2, 0) is 25.7 Å². The van der Waals surface area contributed by atoms with E-state index in [2.05, 4.69) is 5.32 Å². The third-order valence-electron chi connectivity index (χ3n) is 6.03. The molecule has 4 rings (SSSR count). The Morgan fingerprint density at radius 3 is 2.52 bits per heavy atom. The number of nitrogens with one attached hydrogen (secondary N) is 1. The van der Waals surface area contributed by atoms with Crippen LogP contribution in [0.15, 0.2) is 36.0 Å². The maximum absolute atomic E-state index is 13.0. The van der Waals surface area contributed by atoms with E-state index in [1.165, 1.54) is 9.80 Å². The molecule has 1 aromatic heterocycles. The molecule has 3 amide bonds. The summed E-state index contributed by atoms with van der Waals surface area (Å²) in [5, 5.41) is 4.03. The van der Waals surface area contributed by atoms with Crippen LogP contribution in [0.3, 0.4) is 0 Å². The zero-order chi connectivity index (χ0) is 23.5. The molecular weight excluding hydrogens is 440 g/mol. The van der Waals surface area contributed by atoms with E-state index < -0.39 is 11.8 Å². The zero-order valence-corrected chi connectivity index (χ0v) is 19.7. The Hall–Kier alpha value is -3.04. The molecule has 1 N–H and O–H groups in total. The molecule has 0 aliphatic carbocycles. The molecule has 33 heavy (non-hydrogen) atoms. The van der Waals surface area contributed by atoms with E-state index in [0.29, 0.717) is 25.2 Å². The molecule has 1 atom stereocenters. The SMILES string of the molecule is CCN1C(=O)C(=Cc2cn(CC(=O)NCC3CCCO3)c3ccccc23)C(=O)N(CC)C1=S. The van der Waals surface area contributed by atoms with E-state index in [4.69, 9.17) is 17.0 Å². The molecule has 0 spiro atoms. The highest BCUT2D eigenvalue weighted by molar-refractivity contribution is 7.80. The molecule has 174 valence electrons. The van der Waals surface area contributed by atoms with Crippen molar-refractivity contribution in [1.29, 1.82) is 0 Å². The number of carbonyl (C=O) groups excluding carboxylic acids is 3. The van der Waals surface area contributed by atoms with Crippen LogP contribution in [0.5, 0.6) is 0 Å². The molecule has 2 fully saturated rings. The van der Waals surface area contributed by atoms with Gasteiger partial charge < -0.3 is 14.6 Å². The smallest absolute Gasteiger partial charge is 0.265 e. The lowest BCUT2D eigenvalue weighted by Gasteiger charge is -2.35. The highest BCUT2D eigenvalue weighted by Crippen LogP contribution is 2.26. The first-order chi connectivity index (χ1) is 15.9. The van der Waals surface area contributed by atoms with Crippen molar-refractivity contribution in [2.45, 2.75) is 39.3 Å². The van der Waals surface area contributed by atoms with Crippen molar-refractivity contribution in [2.75, 3.05) is 26.2 Å². The zero-order valence-electron chi connectivity index (χ0n) is 18.9. The molecule has 2 aliphatic rings. The fraction of sp³-hybridized carbons (Fsp3) is 0.417. The average Bonchev–Trinajstić information content (AvgIpc) is 3.44. The largest absolute Gasteiger partial charge is 0.376 e. The number of carbonyl (C=O) groups is 3. The van der Waals surface area contributed by atoms with Crippen LogP contribution in [0, 0.1) is 0 Å². The van der Waals surface area contributed by atoms with Crippen molar-refractivity contribution in [3.8, 4) is 0 Å². The number of fused-ring (bicyclic) bond motifs is 1. The quantitative estimate of drug-likeness (QED) is 0.383. The number of hydrogen-bond donors (Lipinski definition) is 1. The molecule has 8 nitrogen and oxygen atoms in total. The number of benzene rings is 1. The van der Waals surface area contributed by atoms with Gasteiger partial charge in [0.25, 0.3) is 11.8 Å². The Labute approximate surface area is 198 Å². The minimum absolute atomic E-state index is 0.0676. The summed E-state index contributed by atoms with van der Waals surface area (Å²) >= 11 is 5.34. The first kappa shape index (κ1) is 23.1. The summed E-state index contributed by atoms with van der Waals surface area (Å²) in [4.78, 5) is 41.5. The predicted molar refractivity (Wildman–Crippen MR) is 129 cm³/mol. The number of amides is 3. The number of para-hydroxylation sites is 1. The minimum atomic E-state index is -0.400. The maximum Gasteiger partial charge on any atom is 0.265 e. The first-order valence-electron chi connectivity index (χ1n) is 11.3.